The van der Waals surface area contributed by atoms with Gasteiger partial charge in [0.05, 0.1) is 0 Å². The third-order valence-electron chi connectivity index (χ3n) is 3.64. The first kappa shape index (κ1) is 33.2. The van der Waals surface area contributed by atoms with E-state index in [1.165, 1.54) is 29.2 Å². The Hall–Kier alpha value is -2.42. The van der Waals surface area contributed by atoms with E-state index >= 15 is 0 Å². The van der Waals surface area contributed by atoms with E-state index in [2.05, 4.69) is 105 Å². The third-order valence-corrected chi connectivity index (χ3v) is 3.64. The van der Waals surface area contributed by atoms with Crippen LogP contribution in [-0.4, -0.2) is 24.4 Å². The molecule has 0 aromatic heterocycles. The molecule has 0 heterocycles. The second-order valence-electron chi connectivity index (χ2n) is 5.74. The summed E-state index contributed by atoms with van der Waals surface area (Å²) in [6, 6.07) is 16.7. The third kappa shape index (κ3) is 16.0. The lowest BCUT2D eigenvalue weighted by Crippen LogP contribution is -2.02. The Kier molecular flexibility index (Phi) is 29.6. The Morgan fingerprint density at radius 3 is 1.52 bits per heavy atom. The average Bonchev–Trinajstić information content (AvgIpc) is 2.90. The van der Waals surface area contributed by atoms with E-state index < -0.39 is 0 Å². The van der Waals surface area contributed by atoms with Gasteiger partial charge in [-0.05, 0) is 22.8 Å². The molecule has 0 aliphatic heterocycles. The fraction of sp³-hybridized carbons (Fsp3) is 0.379. The molecule has 2 heteroatoms. The molecule has 0 radical (unpaired) electrons. The molecule has 2 aliphatic rings. The fourth-order valence-corrected chi connectivity index (χ4v) is 2.53. The predicted molar refractivity (Wildman–Crippen MR) is 143 cm³/mol. The van der Waals surface area contributed by atoms with Crippen LogP contribution in [0.4, 0.5) is 0 Å². The topological polar surface area (TPSA) is 40.5 Å². The smallest absolute Gasteiger partial charge is 0.0319 e. The highest BCUT2D eigenvalue weighted by Crippen LogP contribution is 2.25. The first-order valence-electron chi connectivity index (χ1n) is 11.4. The molecule has 1 unspecified atom stereocenters. The Labute approximate surface area is 192 Å². The van der Waals surface area contributed by atoms with E-state index in [0.29, 0.717) is 5.92 Å². The molecule has 2 aromatic carbocycles. The summed E-state index contributed by atoms with van der Waals surface area (Å²) in [5.74, 6) is 0.662. The summed E-state index contributed by atoms with van der Waals surface area (Å²) in [5, 5.41) is 16.6. The highest BCUT2D eigenvalue weighted by molar-refractivity contribution is 5.82. The van der Waals surface area contributed by atoms with Gasteiger partial charge in [-0.2, -0.15) is 0 Å². The van der Waals surface area contributed by atoms with Crippen LogP contribution in [0.15, 0.2) is 96.6 Å². The van der Waals surface area contributed by atoms with Gasteiger partial charge in [-0.25, -0.2) is 0 Å². The first-order chi connectivity index (χ1) is 15.3. The van der Waals surface area contributed by atoms with Crippen molar-refractivity contribution in [1.82, 2.24) is 0 Å². The minimum atomic E-state index is 0.662. The molecule has 2 nitrogen and oxygen atoms in total. The van der Waals surface area contributed by atoms with Gasteiger partial charge in [0.1, 0.15) is 0 Å². The predicted octanol–water partition coefficient (Wildman–Crippen LogP) is 8.14. The Morgan fingerprint density at radius 2 is 1.13 bits per heavy atom. The van der Waals surface area contributed by atoms with Gasteiger partial charge in [0.2, 0.25) is 0 Å². The second kappa shape index (κ2) is 27.6. The van der Waals surface area contributed by atoms with Gasteiger partial charge in [-0.3, -0.25) is 0 Å². The molecular weight excluding hydrogens is 380 g/mol. The Morgan fingerprint density at radius 1 is 0.710 bits per heavy atom. The monoisotopic (exact) mass is 426 g/mol. The fourth-order valence-electron chi connectivity index (χ4n) is 2.53. The molecule has 0 saturated heterocycles. The van der Waals surface area contributed by atoms with Gasteiger partial charge in [0.15, 0.2) is 0 Å². The summed E-state index contributed by atoms with van der Waals surface area (Å²) in [5.41, 5.74) is 1.45. The molecule has 0 bridgehead atoms. The number of benzene rings is 2. The van der Waals surface area contributed by atoms with Crippen molar-refractivity contribution in [3.8, 4) is 0 Å². The van der Waals surface area contributed by atoms with Crippen LogP contribution < -0.4 is 0 Å². The first-order valence-corrected chi connectivity index (χ1v) is 11.4. The molecule has 174 valence electrons. The van der Waals surface area contributed by atoms with Crippen molar-refractivity contribution >= 4 is 10.8 Å². The maximum Gasteiger partial charge on any atom is 0.0319 e. The highest BCUT2D eigenvalue weighted by Gasteiger charge is 2.10. The summed E-state index contributed by atoms with van der Waals surface area (Å²) in [6.45, 7) is 12.2. The minimum Gasteiger partial charge on any atom is -0.400 e. The summed E-state index contributed by atoms with van der Waals surface area (Å²) in [7, 11) is 2.00. The van der Waals surface area contributed by atoms with Crippen molar-refractivity contribution in [2.24, 2.45) is 5.92 Å². The average molecular weight is 427 g/mol. The summed E-state index contributed by atoms with van der Waals surface area (Å²) >= 11 is 0. The molecular formula is C29H46O2. The number of allylic oxidation sites excluding steroid dienone is 8. The van der Waals surface area contributed by atoms with Crippen LogP contribution in [0.3, 0.4) is 0 Å². The Bertz CT molecular complexity index is 659. The molecule has 4 rings (SSSR count). The lowest BCUT2D eigenvalue weighted by Gasteiger charge is -2.16. The molecule has 2 aromatic rings. The molecule has 0 fully saturated rings. The van der Waals surface area contributed by atoms with Gasteiger partial charge in [-0.15, -0.1) is 0 Å². The van der Waals surface area contributed by atoms with Crippen molar-refractivity contribution < 1.29 is 10.2 Å². The number of rotatable bonds is 0. The van der Waals surface area contributed by atoms with Gasteiger partial charge in [0.25, 0.3) is 0 Å². The van der Waals surface area contributed by atoms with Crippen molar-refractivity contribution in [3.05, 3.63) is 96.6 Å². The number of hydrogen-bond acceptors (Lipinski definition) is 2. The van der Waals surface area contributed by atoms with E-state index in [9.17, 15) is 0 Å². The van der Waals surface area contributed by atoms with Crippen molar-refractivity contribution in [2.75, 3.05) is 14.2 Å². The van der Waals surface area contributed by atoms with E-state index in [4.69, 9.17) is 10.2 Å². The van der Waals surface area contributed by atoms with Crippen LogP contribution in [0.5, 0.6) is 0 Å². The van der Waals surface area contributed by atoms with E-state index in [-0.39, 0.29) is 0 Å². The van der Waals surface area contributed by atoms with E-state index in [0.717, 1.165) is 14.2 Å². The number of hydrogen-bond donors (Lipinski definition) is 2. The van der Waals surface area contributed by atoms with Crippen LogP contribution in [0.2, 0.25) is 0 Å². The van der Waals surface area contributed by atoms with E-state index in [1.54, 1.807) is 0 Å². The molecule has 0 amide bonds. The van der Waals surface area contributed by atoms with Gasteiger partial charge in [-0.1, -0.05) is 139 Å². The van der Waals surface area contributed by atoms with Crippen LogP contribution in [0.1, 0.15) is 54.4 Å². The molecule has 0 spiro atoms. The lowest BCUT2D eigenvalue weighted by atomic mass is 9.88. The van der Waals surface area contributed by atoms with Crippen LogP contribution in [-0.2, 0) is 0 Å². The van der Waals surface area contributed by atoms with Crippen LogP contribution in [0.25, 0.3) is 10.8 Å². The van der Waals surface area contributed by atoms with Gasteiger partial charge in [0, 0.05) is 20.1 Å². The van der Waals surface area contributed by atoms with E-state index in [1.807, 2.05) is 27.7 Å². The molecule has 2 N–H and O–H groups in total. The largest absolute Gasteiger partial charge is 0.400 e. The van der Waals surface area contributed by atoms with Gasteiger partial charge >= 0.3 is 0 Å². The molecule has 2 aliphatic carbocycles. The maximum absolute atomic E-state index is 7.00. The zero-order valence-electron chi connectivity index (χ0n) is 21.0. The van der Waals surface area contributed by atoms with Crippen LogP contribution >= 0.6 is 0 Å². The molecule has 31 heavy (non-hydrogen) atoms. The SMILES string of the molecule is C1=CCC2C=CC=CC2=C1.CC.CC.CCC.CO.CO.c1ccc2ccccc2c1. The quantitative estimate of drug-likeness (QED) is 0.446. The Balaban J connectivity index is -0.000000352. The second-order valence-corrected chi connectivity index (χ2v) is 5.74. The summed E-state index contributed by atoms with van der Waals surface area (Å²) in [4.78, 5) is 0. The highest BCUT2D eigenvalue weighted by atomic mass is 16.2. The molecule has 1 atom stereocenters. The summed E-state index contributed by atoms with van der Waals surface area (Å²) in [6.07, 6.45) is 17.6. The standard InChI is InChI=1S/C10H10.C10H8.C3H8.2C2H6.2CH4O/c2*1-2-6-10-8-4-3-7-9(10)5-1;1-3-2;4*1-2/h1-7,10H,8H2;1-8H;3H2,1-2H3;2*1-2H3;2*2H,1H3. The number of fused-ring (bicyclic) bond motifs is 2. The minimum absolute atomic E-state index is 0.662. The zero-order chi connectivity index (χ0) is 24.3. The van der Waals surface area contributed by atoms with Crippen molar-refractivity contribution in [1.29, 1.82) is 0 Å². The zero-order valence-corrected chi connectivity index (χ0v) is 21.0. The normalized spacial score (nSPS) is 13.6. The van der Waals surface area contributed by atoms with Gasteiger partial charge < -0.3 is 10.2 Å². The number of aliphatic hydroxyl groups excluding tert-OH is 2. The summed E-state index contributed by atoms with van der Waals surface area (Å²) < 4.78 is 0. The van der Waals surface area contributed by atoms with Crippen molar-refractivity contribution in [2.45, 2.75) is 54.4 Å². The van der Waals surface area contributed by atoms with Crippen LogP contribution in [0, 0.1) is 5.92 Å². The number of aliphatic hydroxyl groups is 2. The van der Waals surface area contributed by atoms with Crippen molar-refractivity contribution in [3.63, 3.8) is 0 Å². The molecule has 0 saturated carbocycles. The lowest BCUT2D eigenvalue weighted by molar-refractivity contribution is 0.399. The maximum atomic E-state index is 7.00.